The molecule has 0 unspecified atom stereocenters. The van der Waals surface area contributed by atoms with Crippen LogP contribution in [0.5, 0.6) is 5.75 Å². The highest BCUT2D eigenvalue weighted by Gasteiger charge is 2.44. The first-order chi connectivity index (χ1) is 22.0. The van der Waals surface area contributed by atoms with Crippen LogP contribution < -0.4 is 19.7 Å². The summed E-state index contributed by atoms with van der Waals surface area (Å²) in [5, 5.41) is 6.13. The number of nitrogens with zero attached hydrogens (tertiary/aromatic N) is 3. The lowest BCUT2D eigenvalue weighted by Gasteiger charge is -2.21. The van der Waals surface area contributed by atoms with Gasteiger partial charge in [0.05, 0.1) is 17.5 Å². The van der Waals surface area contributed by atoms with Crippen molar-refractivity contribution < 1.29 is 49.1 Å². The number of nitrogens with one attached hydrogen (secondary N) is 2. The minimum atomic E-state index is -5.01. The molecule has 3 aromatic carbocycles. The largest absolute Gasteiger partial charge is 0.573 e. The highest BCUT2D eigenvalue weighted by atomic mass is 32.2. The Bertz CT molecular complexity index is 1890. The van der Waals surface area contributed by atoms with E-state index >= 15 is 0 Å². The summed E-state index contributed by atoms with van der Waals surface area (Å²) in [6.07, 6.45) is -9.95. The molecule has 0 aliphatic carbocycles. The fourth-order valence-electron chi connectivity index (χ4n) is 4.99. The molecule has 1 aliphatic heterocycles. The van der Waals surface area contributed by atoms with E-state index in [-0.39, 0.29) is 41.5 Å². The number of ether oxygens (including phenoxy) is 1. The lowest BCUT2D eigenvalue weighted by atomic mass is 10.0. The van der Waals surface area contributed by atoms with E-state index in [1.54, 1.807) is 6.07 Å². The number of rotatable bonds is 9. The van der Waals surface area contributed by atoms with Crippen molar-refractivity contribution in [2.75, 3.05) is 11.4 Å². The van der Waals surface area contributed by atoms with E-state index in [0.717, 1.165) is 16.8 Å². The van der Waals surface area contributed by atoms with E-state index in [9.17, 15) is 44.3 Å². The number of alkyl halides is 6. The number of halogens is 6. The molecule has 2 N–H and O–H groups in total. The summed E-state index contributed by atoms with van der Waals surface area (Å²) in [6, 6.07) is 16.7. The number of carbonyl (C=O) groups excluding carboxylic acids is 2. The Hall–Kier alpha value is -5.06. The molecule has 47 heavy (non-hydrogen) atoms. The SMILES string of the molecule is C[C@H](NC(=O)c1c(C(F)(F)F)nn2c1N(Cc1cccc(OC(F)(F)F)c1)CC2)c1ccc(C(=O)NS(=O)(=O)c2ccccc2)cc1. The molecule has 2 heterocycles. The van der Waals surface area contributed by atoms with Crippen molar-refractivity contribution in [2.24, 2.45) is 0 Å². The lowest BCUT2D eigenvalue weighted by molar-refractivity contribution is -0.274. The van der Waals surface area contributed by atoms with Crippen LogP contribution in [0.2, 0.25) is 0 Å². The van der Waals surface area contributed by atoms with Gasteiger partial charge in [-0.05, 0) is 54.4 Å². The Balaban J connectivity index is 1.34. The maximum absolute atomic E-state index is 14.1. The number of anilines is 1. The van der Waals surface area contributed by atoms with E-state index < -0.39 is 57.4 Å². The van der Waals surface area contributed by atoms with Crippen LogP contribution in [-0.2, 0) is 29.3 Å². The maximum atomic E-state index is 14.1. The van der Waals surface area contributed by atoms with Crippen LogP contribution in [0.25, 0.3) is 0 Å². The normalized spacial score (nSPS) is 14.0. The fourth-order valence-corrected chi connectivity index (χ4v) is 5.98. The summed E-state index contributed by atoms with van der Waals surface area (Å²) in [5.41, 5.74) is -1.54. The van der Waals surface area contributed by atoms with Crippen molar-refractivity contribution >= 4 is 27.7 Å². The molecule has 0 spiro atoms. The van der Waals surface area contributed by atoms with Gasteiger partial charge in [-0.1, -0.05) is 42.5 Å². The van der Waals surface area contributed by atoms with Gasteiger partial charge in [-0.25, -0.2) is 17.8 Å². The minimum absolute atomic E-state index is 0.0104. The van der Waals surface area contributed by atoms with Crippen molar-refractivity contribution in [1.82, 2.24) is 19.8 Å². The van der Waals surface area contributed by atoms with Gasteiger partial charge >= 0.3 is 12.5 Å². The number of sulfonamides is 1. The quantitative estimate of drug-likeness (QED) is 0.226. The van der Waals surface area contributed by atoms with Gasteiger partial charge in [0, 0.05) is 18.7 Å². The Morgan fingerprint density at radius 2 is 1.60 bits per heavy atom. The van der Waals surface area contributed by atoms with E-state index in [1.807, 2.05) is 4.72 Å². The van der Waals surface area contributed by atoms with Crippen molar-refractivity contribution in [3.8, 4) is 5.75 Å². The molecule has 0 radical (unpaired) electrons. The molecule has 2 amide bonds. The summed E-state index contributed by atoms with van der Waals surface area (Å²) in [5.74, 6) is -2.69. The number of benzene rings is 3. The molecule has 0 saturated heterocycles. The number of amides is 2. The summed E-state index contributed by atoms with van der Waals surface area (Å²) >= 11 is 0. The number of fused-ring (bicyclic) bond motifs is 1. The van der Waals surface area contributed by atoms with Crippen LogP contribution in [0.3, 0.4) is 0 Å². The first-order valence-corrected chi connectivity index (χ1v) is 15.3. The maximum Gasteiger partial charge on any atom is 0.573 e. The summed E-state index contributed by atoms with van der Waals surface area (Å²) in [4.78, 5) is 27.3. The van der Waals surface area contributed by atoms with Gasteiger partial charge in [-0.3, -0.25) is 9.59 Å². The zero-order valence-corrected chi connectivity index (χ0v) is 25.1. The first-order valence-electron chi connectivity index (χ1n) is 13.8. The smallest absolute Gasteiger partial charge is 0.406 e. The van der Waals surface area contributed by atoms with Gasteiger partial charge in [0.25, 0.3) is 21.8 Å². The molecule has 1 aliphatic rings. The predicted octanol–water partition coefficient (Wildman–Crippen LogP) is 5.43. The average molecular weight is 682 g/mol. The molecule has 17 heteroatoms. The van der Waals surface area contributed by atoms with Gasteiger partial charge in [0.1, 0.15) is 17.1 Å². The average Bonchev–Trinajstić information content (AvgIpc) is 3.57. The fraction of sp³-hybridized carbons (Fsp3) is 0.233. The third-order valence-electron chi connectivity index (χ3n) is 7.11. The molecule has 10 nitrogen and oxygen atoms in total. The summed E-state index contributed by atoms with van der Waals surface area (Å²) < 4.78 is 112. The van der Waals surface area contributed by atoms with Gasteiger partial charge in [0.15, 0.2) is 5.69 Å². The number of carbonyl (C=O) groups is 2. The second-order valence-electron chi connectivity index (χ2n) is 10.4. The van der Waals surface area contributed by atoms with E-state index in [2.05, 4.69) is 15.2 Å². The Morgan fingerprint density at radius 3 is 2.23 bits per heavy atom. The third kappa shape index (κ3) is 7.67. The number of hydrogen-bond acceptors (Lipinski definition) is 7. The Labute approximate surface area is 264 Å². The highest BCUT2D eigenvalue weighted by Crippen LogP contribution is 2.39. The van der Waals surface area contributed by atoms with Crippen molar-refractivity contribution in [3.05, 3.63) is 107 Å². The molecule has 4 aromatic rings. The van der Waals surface area contributed by atoms with Crippen molar-refractivity contribution in [2.45, 2.75) is 43.5 Å². The van der Waals surface area contributed by atoms with E-state index in [1.165, 1.54) is 72.5 Å². The van der Waals surface area contributed by atoms with Crippen molar-refractivity contribution in [3.63, 3.8) is 0 Å². The predicted molar refractivity (Wildman–Crippen MR) is 155 cm³/mol. The first kappa shape index (κ1) is 33.3. The van der Waals surface area contributed by atoms with Gasteiger partial charge in [-0.2, -0.15) is 18.3 Å². The molecule has 0 saturated carbocycles. The van der Waals surface area contributed by atoms with Crippen LogP contribution in [0.15, 0.2) is 83.8 Å². The topological polar surface area (TPSA) is 123 Å². The van der Waals surface area contributed by atoms with Crippen LogP contribution in [-0.4, -0.2) is 42.9 Å². The molecule has 248 valence electrons. The lowest BCUT2D eigenvalue weighted by Crippen LogP contribution is -2.31. The minimum Gasteiger partial charge on any atom is -0.406 e. The third-order valence-corrected chi connectivity index (χ3v) is 8.46. The zero-order valence-electron chi connectivity index (χ0n) is 24.3. The molecule has 0 fully saturated rings. The molecular formula is C30H25F6N5O5S. The molecule has 1 aromatic heterocycles. The van der Waals surface area contributed by atoms with E-state index in [0.29, 0.717) is 5.56 Å². The molecule has 5 rings (SSSR count). The van der Waals surface area contributed by atoms with Crippen LogP contribution >= 0.6 is 0 Å². The number of aromatic nitrogens is 2. The van der Waals surface area contributed by atoms with E-state index in [4.69, 9.17) is 0 Å². The van der Waals surface area contributed by atoms with Gasteiger partial charge in [0.2, 0.25) is 0 Å². The summed E-state index contributed by atoms with van der Waals surface area (Å²) in [7, 11) is -4.14. The Morgan fingerprint density at radius 1 is 0.915 bits per heavy atom. The van der Waals surface area contributed by atoms with Crippen LogP contribution in [0.1, 0.15) is 50.5 Å². The second kappa shape index (κ2) is 12.6. The van der Waals surface area contributed by atoms with Crippen molar-refractivity contribution in [1.29, 1.82) is 0 Å². The van der Waals surface area contributed by atoms with Gasteiger partial charge in [-0.15, -0.1) is 13.2 Å². The monoisotopic (exact) mass is 681 g/mol. The molecule has 0 bridgehead atoms. The second-order valence-corrected chi connectivity index (χ2v) is 12.1. The highest BCUT2D eigenvalue weighted by molar-refractivity contribution is 7.90. The van der Waals surface area contributed by atoms with Crippen LogP contribution in [0.4, 0.5) is 32.2 Å². The zero-order chi connectivity index (χ0) is 34.1. The molecule has 1 atom stereocenters. The van der Waals surface area contributed by atoms with Gasteiger partial charge < -0.3 is 15.0 Å². The molecular weight excluding hydrogens is 656 g/mol. The van der Waals surface area contributed by atoms with Crippen LogP contribution in [0, 0.1) is 0 Å². The standard InChI is InChI=1S/C30H25F6N5O5S/c1-18(20-10-12-21(13-11-20)26(42)39-47(44,45)23-8-3-2-4-9-23)37-27(43)24-25(29(31,32)33)38-41-15-14-40(28(24)41)17-19-6-5-7-22(16-19)46-30(34,35)36/h2-13,16,18H,14-15,17H2,1H3,(H,37,43)(H,39,42)/t18-/m0/s1. The Kier molecular flexibility index (Phi) is 8.94. The summed E-state index contributed by atoms with van der Waals surface area (Å²) in [6.45, 7) is 1.47. The number of hydrogen-bond donors (Lipinski definition) is 2.